The monoisotopic (exact) mass is 374 g/mol. The zero-order chi connectivity index (χ0) is 19.5. The maximum atomic E-state index is 13.4. The molecule has 4 aromatic rings. The van der Waals surface area contributed by atoms with Gasteiger partial charge in [-0.15, -0.1) is 0 Å². The number of pyridine rings is 1. The third-order valence-corrected chi connectivity index (χ3v) is 4.44. The van der Waals surface area contributed by atoms with Crippen LogP contribution in [0.3, 0.4) is 0 Å². The van der Waals surface area contributed by atoms with E-state index in [4.69, 9.17) is 4.74 Å². The number of rotatable bonds is 5. The molecule has 2 heterocycles. The average molecular weight is 374 g/mol. The SMILES string of the molecule is Cc1cc2cnc(Nc3cccc(F)c3)nc2cc1OC(C)c1ccncc1. The summed E-state index contributed by atoms with van der Waals surface area (Å²) in [5, 5.41) is 3.94. The molecule has 0 aliphatic carbocycles. The molecule has 1 unspecified atom stereocenters. The van der Waals surface area contributed by atoms with Gasteiger partial charge >= 0.3 is 0 Å². The highest BCUT2D eigenvalue weighted by Crippen LogP contribution is 2.29. The Kier molecular flexibility index (Phi) is 4.85. The summed E-state index contributed by atoms with van der Waals surface area (Å²) >= 11 is 0. The molecule has 6 heteroatoms. The smallest absolute Gasteiger partial charge is 0.227 e. The van der Waals surface area contributed by atoms with Crippen LogP contribution >= 0.6 is 0 Å². The third-order valence-electron chi connectivity index (χ3n) is 4.44. The molecule has 0 radical (unpaired) electrons. The Bertz CT molecular complexity index is 1120. The van der Waals surface area contributed by atoms with Crippen molar-refractivity contribution < 1.29 is 9.13 Å². The first kappa shape index (κ1) is 17.9. The van der Waals surface area contributed by atoms with Gasteiger partial charge < -0.3 is 10.1 Å². The second-order valence-corrected chi connectivity index (χ2v) is 6.55. The number of nitrogens with zero attached hydrogens (tertiary/aromatic N) is 3. The van der Waals surface area contributed by atoms with Crippen LogP contribution in [0.5, 0.6) is 5.75 Å². The summed E-state index contributed by atoms with van der Waals surface area (Å²) in [6, 6.07) is 14.0. The lowest BCUT2D eigenvalue weighted by atomic mass is 10.1. The van der Waals surface area contributed by atoms with Gasteiger partial charge in [0.05, 0.1) is 5.52 Å². The Morgan fingerprint density at radius 3 is 2.68 bits per heavy atom. The van der Waals surface area contributed by atoms with Crippen molar-refractivity contribution in [3.63, 3.8) is 0 Å². The number of aromatic nitrogens is 3. The first-order chi connectivity index (χ1) is 13.6. The minimum Gasteiger partial charge on any atom is -0.486 e. The van der Waals surface area contributed by atoms with Gasteiger partial charge in [0.15, 0.2) is 0 Å². The summed E-state index contributed by atoms with van der Waals surface area (Å²) < 4.78 is 19.5. The van der Waals surface area contributed by atoms with E-state index in [2.05, 4.69) is 20.3 Å². The lowest BCUT2D eigenvalue weighted by Crippen LogP contribution is -2.04. The molecule has 0 aliphatic heterocycles. The molecule has 0 aliphatic rings. The largest absolute Gasteiger partial charge is 0.486 e. The summed E-state index contributed by atoms with van der Waals surface area (Å²) in [7, 11) is 0. The number of halogens is 1. The topological polar surface area (TPSA) is 59.9 Å². The van der Waals surface area contributed by atoms with Crippen molar-refractivity contribution in [2.45, 2.75) is 20.0 Å². The standard InChI is InChI=1S/C22H19FN4O/c1-14-10-17-13-25-22(26-19-5-3-4-18(23)11-19)27-20(17)12-21(14)28-15(2)16-6-8-24-9-7-16/h3-13,15H,1-2H3,(H,25,26,27). The highest BCUT2D eigenvalue weighted by atomic mass is 19.1. The first-order valence-corrected chi connectivity index (χ1v) is 8.95. The molecule has 2 aromatic heterocycles. The van der Waals surface area contributed by atoms with Gasteiger partial charge in [-0.1, -0.05) is 6.07 Å². The van der Waals surface area contributed by atoms with Gasteiger partial charge in [-0.05, 0) is 61.4 Å². The van der Waals surface area contributed by atoms with Gasteiger partial charge in [0.1, 0.15) is 17.7 Å². The number of anilines is 2. The van der Waals surface area contributed by atoms with E-state index in [-0.39, 0.29) is 11.9 Å². The van der Waals surface area contributed by atoms with Gasteiger partial charge in [0.2, 0.25) is 5.95 Å². The molecule has 0 saturated heterocycles. The number of hydrogen-bond donors (Lipinski definition) is 1. The molecule has 0 bridgehead atoms. The number of aryl methyl sites for hydroxylation is 1. The van der Waals surface area contributed by atoms with Gasteiger partial charge in [-0.25, -0.2) is 14.4 Å². The number of hydrogen-bond acceptors (Lipinski definition) is 5. The van der Waals surface area contributed by atoms with Crippen LogP contribution in [0.1, 0.15) is 24.2 Å². The van der Waals surface area contributed by atoms with Crippen molar-refractivity contribution in [2.75, 3.05) is 5.32 Å². The van der Waals surface area contributed by atoms with E-state index in [9.17, 15) is 4.39 Å². The molecule has 4 rings (SSSR count). The minimum atomic E-state index is -0.317. The van der Waals surface area contributed by atoms with Crippen molar-refractivity contribution in [3.05, 3.63) is 84.1 Å². The molecule has 140 valence electrons. The Morgan fingerprint density at radius 1 is 1.07 bits per heavy atom. The highest BCUT2D eigenvalue weighted by molar-refractivity contribution is 5.81. The van der Waals surface area contributed by atoms with E-state index in [1.165, 1.54) is 12.1 Å². The highest BCUT2D eigenvalue weighted by Gasteiger charge is 2.11. The van der Waals surface area contributed by atoms with Crippen molar-refractivity contribution >= 4 is 22.5 Å². The summed E-state index contributed by atoms with van der Waals surface area (Å²) in [6.07, 6.45) is 5.12. The summed E-state index contributed by atoms with van der Waals surface area (Å²) in [5.41, 5.74) is 3.39. The molecule has 2 aromatic carbocycles. The fourth-order valence-electron chi connectivity index (χ4n) is 2.95. The number of ether oxygens (including phenoxy) is 1. The zero-order valence-corrected chi connectivity index (χ0v) is 15.6. The normalized spacial score (nSPS) is 12.0. The molecule has 0 amide bonds. The maximum absolute atomic E-state index is 13.4. The van der Waals surface area contributed by atoms with E-state index >= 15 is 0 Å². The Labute approximate surface area is 162 Å². The average Bonchev–Trinajstić information content (AvgIpc) is 2.69. The van der Waals surface area contributed by atoms with Gasteiger partial charge in [0.25, 0.3) is 0 Å². The predicted molar refractivity (Wildman–Crippen MR) is 107 cm³/mol. The minimum absolute atomic E-state index is 0.120. The first-order valence-electron chi connectivity index (χ1n) is 8.95. The fraction of sp³-hybridized carbons (Fsp3) is 0.136. The molecular formula is C22H19FN4O. The summed E-state index contributed by atoms with van der Waals surface area (Å²) in [6.45, 7) is 3.99. The molecule has 1 N–H and O–H groups in total. The molecular weight excluding hydrogens is 355 g/mol. The second-order valence-electron chi connectivity index (χ2n) is 6.55. The van der Waals surface area contributed by atoms with E-state index in [1.54, 1.807) is 30.7 Å². The zero-order valence-electron chi connectivity index (χ0n) is 15.6. The maximum Gasteiger partial charge on any atom is 0.227 e. The van der Waals surface area contributed by atoms with Crippen molar-refractivity contribution in [2.24, 2.45) is 0 Å². The van der Waals surface area contributed by atoms with Gasteiger partial charge in [0, 0.05) is 35.7 Å². The lowest BCUT2D eigenvalue weighted by molar-refractivity contribution is 0.225. The van der Waals surface area contributed by atoms with Crippen LogP contribution in [-0.4, -0.2) is 15.0 Å². The molecule has 5 nitrogen and oxygen atoms in total. The molecule has 0 saturated carbocycles. The molecule has 1 atom stereocenters. The van der Waals surface area contributed by atoms with Crippen LogP contribution < -0.4 is 10.1 Å². The van der Waals surface area contributed by atoms with E-state index in [1.807, 2.05) is 38.1 Å². The van der Waals surface area contributed by atoms with Crippen LogP contribution in [-0.2, 0) is 0 Å². The van der Waals surface area contributed by atoms with Gasteiger partial charge in [-0.2, -0.15) is 0 Å². The number of fused-ring (bicyclic) bond motifs is 1. The van der Waals surface area contributed by atoms with Crippen LogP contribution in [0.2, 0.25) is 0 Å². The van der Waals surface area contributed by atoms with E-state index in [0.717, 1.165) is 27.8 Å². The second kappa shape index (κ2) is 7.60. The Hall–Kier alpha value is -3.54. The fourth-order valence-corrected chi connectivity index (χ4v) is 2.95. The molecule has 0 spiro atoms. The van der Waals surface area contributed by atoms with E-state index in [0.29, 0.717) is 11.6 Å². The van der Waals surface area contributed by atoms with Gasteiger partial charge in [-0.3, -0.25) is 4.98 Å². The molecule has 28 heavy (non-hydrogen) atoms. The number of nitrogens with one attached hydrogen (secondary N) is 1. The Balaban J connectivity index is 1.62. The molecule has 0 fully saturated rings. The van der Waals surface area contributed by atoms with Crippen LogP contribution in [0.25, 0.3) is 10.9 Å². The Morgan fingerprint density at radius 2 is 1.89 bits per heavy atom. The summed E-state index contributed by atoms with van der Waals surface area (Å²) in [5.74, 6) is 0.838. The quantitative estimate of drug-likeness (QED) is 0.510. The van der Waals surface area contributed by atoms with Crippen LogP contribution in [0.15, 0.2) is 67.1 Å². The van der Waals surface area contributed by atoms with E-state index < -0.39 is 0 Å². The van der Waals surface area contributed by atoms with Crippen LogP contribution in [0, 0.1) is 12.7 Å². The van der Waals surface area contributed by atoms with Crippen LogP contribution in [0.4, 0.5) is 16.0 Å². The van der Waals surface area contributed by atoms with Crippen molar-refractivity contribution in [3.8, 4) is 5.75 Å². The predicted octanol–water partition coefficient (Wildman–Crippen LogP) is 5.36. The lowest BCUT2D eigenvalue weighted by Gasteiger charge is -2.17. The van der Waals surface area contributed by atoms with Crippen molar-refractivity contribution in [1.29, 1.82) is 0 Å². The van der Waals surface area contributed by atoms with Crippen molar-refractivity contribution in [1.82, 2.24) is 15.0 Å². The number of benzene rings is 2. The summed E-state index contributed by atoms with van der Waals surface area (Å²) in [4.78, 5) is 12.9. The third kappa shape index (κ3) is 3.91.